The minimum atomic E-state index is -0.931. The summed E-state index contributed by atoms with van der Waals surface area (Å²) in [5.41, 5.74) is 4.07. The third kappa shape index (κ3) is 4.28. The zero-order valence-electron chi connectivity index (χ0n) is 11.9. The van der Waals surface area contributed by atoms with E-state index in [0.29, 0.717) is 0 Å². The maximum absolute atomic E-state index is 10.9. The fourth-order valence-corrected chi connectivity index (χ4v) is 2.10. The van der Waals surface area contributed by atoms with Gasteiger partial charge in [0.1, 0.15) is 0 Å². The number of benzene rings is 1. The largest absolute Gasteiger partial charge is 0.478 e. The molecular formula is C17H14Cl2N2O2. The van der Waals surface area contributed by atoms with E-state index in [1.807, 2.05) is 24.3 Å². The number of rotatable bonds is 3. The lowest BCUT2D eigenvalue weighted by molar-refractivity contribution is 0.0697. The molecule has 1 N–H and O–H groups in total. The van der Waals surface area contributed by atoms with Gasteiger partial charge in [0.15, 0.2) is 0 Å². The number of aromatic carboxylic acids is 1. The average Bonchev–Trinajstić information content (AvgIpc) is 2.56. The van der Waals surface area contributed by atoms with Crippen molar-refractivity contribution < 1.29 is 9.90 Å². The van der Waals surface area contributed by atoms with Gasteiger partial charge >= 0.3 is 5.97 Å². The lowest BCUT2D eigenvalue weighted by Gasteiger charge is -2.05. The van der Waals surface area contributed by atoms with Crippen LogP contribution >= 0.6 is 24.8 Å². The highest BCUT2D eigenvalue weighted by molar-refractivity contribution is 5.88. The summed E-state index contributed by atoms with van der Waals surface area (Å²) in [6.45, 7) is 0. The third-order valence-corrected chi connectivity index (χ3v) is 3.20. The van der Waals surface area contributed by atoms with Crippen molar-refractivity contribution in [1.29, 1.82) is 0 Å². The molecule has 0 saturated heterocycles. The second-order valence-electron chi connectivity index (χ2n) is 4.55. The zero-order chi connectivity index (χ0) is 14.7. The topological polar surface area (TPSA) is 63.1 Å². The predicted molar refractivity (Wildman–Crippen MR) is 94.4 cm³/mol. The lowest BCUT2D eigenvalue weighted by Crippen LogP contribution is -1.95. The zero-order valence-corrected chi connectivity index (χ0v) is 13.6. The second-order valence-corrected chi connectivity index (χ2v) is 4.55. The summed E-state index contributed by atoms with van der Waals surface area (Å²) in [4.78, 5) is 19.2. The summed E-state index contributed by atoms with van der Waals surface area (Å²) in [6.07, 6.45) is 5.24. The van der Waals surface area contributed by atoms with Gasteiger partial charge in [-0.3, -0.25) is 9.97 Å². The molecule has 0 aliphatic carbocycles. The maximum Gasteiger partial charge on any atom is 0.335 e. The predicted octanol–water partition coefficient (Wildman–Crippen LogP) is 4.35. The summed E-state index contributed by atoms with van der Waals surface area (Å²) >= 11 is 0. The molecule has 118 valence electrons. The highest BCUT2D eigenvalue weighted by atomic mass is 35.5. The number of carboxylic acids is 1. The van der Waals surface area contributed by atoms with E-state index in [-0.39, 0.29) is 30.4 Å². The van der Waals surface area contributed by atoms with Crippen molar-refractivity contribution in [3.63, 3.8) is 0 Å². The molecule has 2 aromatic heterocycles. The van der Waals surface area contributed by atoms with Gasteiger partial charge in [0.25, 0.3) is 0 Å². The molecular weight excluding hydrogens is 335 g/mol. The standard InChI is InChI=1S/C17H12N2O2.2ClH/c20-17(21)14-3-1-13(2-4-14)16-11-15(7-10-19-16)12-5-8-18-9-6-12;;/h1-11H,(H,20,21);2*1H. The quantitative estimate of drug-likeness (QED) is 0.763. The first kappa shape index (κ1) is 18.6. The van der Waals surface area contributed by atoms with Gasteiger partial charge in [-0.15, -0.1) is 24.8 Å². The summed E-state index contributed by atoms with van der Waals surface area (Å²) < 4.78 is 0. The van der Waals surface area contributed by atoms with Crippen LogP contribution in [-0.2, 0) is 0 Å². The van der Waals surface area contributed by atoms with Crippen LogP contribution in [0, 0.1) is 0 Å². The fourth-order valence-electron chi connectivity index (χ4n) is 2.10. The van der Waals surface area contributed by atoms with Gasteiger partial charge in [0.2, 0.25) is 0 Å². The summed E-state index contributed by atoms with van der Waals surface area (Å²) in [7, 11) is 0. The van der Waals surface area contributed by atoms with Crippen LogP contribution in [0.4, 0.5) is 0 Å². The Morgan fingerprint density at radius 3 is 2.00 bits per heavy atom. The van der Waals surface area contributed by atoms with Crippen LogP contribution in [0.5, 0.6) is 0 Å². The number of carbonyl (C=O) groups is 1. The molecule has 0 aliphatic rings. The molecule has 0 spiro atoms. The molecule has 6 heteroatoms. The number of aromatic nitrogens is 2. The van der Waals surface area contributed by atoms with E-state index in [1.165, 1.54) is 0 Å². The van der Waals surface area contributed by atoms with Gasteiger partial charge in [-0.25, -0.2) is 4.79 Å². The average molecular weight is 349 g/mol. The van der Waals surface area contributed by atoms with Crippen LogP contribution < -0.4 is 0 Å². The van der Waals surface area contributed by atoms with Crippen molar-refractivity contribution >= 4 is 30.8 Å². The van der Waals surface area contributed by atoms with E-state index in [4.69, 9.17) is 5.11 Å². The Labute approximate surface area is 146 Å². The number of hydrogen-bond acceptors (Lipinski definition) is 3. The molecule has 1 aromatic carbocycles. The van der Waals surface area contributed by atoms with E-state index < -0.39 is 5.97 Å². The SMILES string of the molecule is Cl.Cl.O=C(O)c1ccc(-c2cc(-c3ccncc3)ccn2)cc1. The monoisotopic (exact) mass is 348 g/mol. The van der Waals surface area contributed by atoms with Crippen LogP contribution in [-0.4, -0.2) is 21.0 Å². The van der Waals surface area contributed by atoms with Crippen LogP contribution in [0.2, 0.25) is 0 Å². The van der Waals surface area contributed by atoms with Crippen molar-refractivity contribution in [1.82, 2.24) is 9.97 Å². The first-order chi connectivity index (χ1) is 10.2. The van der Waals surface area contributed by atoms with Crippen LogP contribution in [0.15, 0.2) is 67.1 Å². The van der Waals surface area contributed by atoms with Gasteiger partial charge < -0.3 is 5.11 Å². The molecule has 0 saturated carbocycles. The first-order valence-corrected chi connectivity index (χ1v) is 6.44. The highest BCUT2D eigenvalue weighted by Gasteiger charge is 2.05. The molecule has 3 aromatic rings. The molecule has 23 heavy (non-hydrogen) atoms. The first-order valence-electron chi connectivity index (χ1n) is 6.44. The Bertz CT molecular complexity index is 778. The van der Waals surface area contributed by atoms with Crippen molar-refractivity contribution in [3.05, 3.63) is 72.7 Å². The molecule has 0 unspecified atom stereocenters. The van der Waals surface area contributed by atoms with Crippen molar-refractivity contribution in [3.8, 4) is 22.4 Å². The minimum absolute atomic E-state index is 0. The maximum atomic E-state index is 10.9. The molecule has 0 aliphatic heterocycles. The smallest absolute Gasteiger partial charge is 0.335 e. The minimum Gasteiger partial charge on any atom is -0.478 e. The summed E-state index contributed by atoms with van der Waals surface area (Å²) in [6, 6.07) is 14.5. The van der Waals surface area contributed by atoms with Gasteiger partial charge in [-0.1, -0.05) is 12.1 Å². The Hall–Kier alpha value is -2.43. The van der Waals surface area contributed by atoms with Crippen molar-refractivity contribution in [2.24, 2.45) is 0 Å². The van der Waals surface area contributed by atoms with Crippen molar-refractivity contribution in [2.45, 2.75) is 0 Å². The van der Waals surface area contributed by atoms with Crippen molar-refractivity contribution in [2.75, 3.05) is 0 Å². The summed E-state index contributed by atoms with van der Waals surface area (Å²) in [5.74, 6) is -0.931. The number of hydrogen-bond donors (Lipinski definition) is 1. The van der Waals surface area contributed by atoms with Crippen LogP contribution in [0.3, 0.4) is 0 Å². The molecule has 4 nitrogen and oxygen atoms in total. The van der Waals surface area contributed by atoms with E-state index in [9.17, 15) is 4.79 Å². The van der Waals surface area contributed by atoms with Crippen LogP contribution in [0.25, 0.3) is 22.4 Å². The van der Waals surface area contributed by atoms with Gasteiger partial charge in [-0.2, -0.15) is 0 Å². The molecule has 0 bridgehead atoms. The van der Waals surface area contributed by atoms with E-state index >= 15 is 0 Å². The number of pyridine rings is 2. The normalized spacial score (nSPS) is 9.39. The number of nitrogens with zero attached hydrogens (tertiary/aromatic N) is 2. The molecule has 2 heterocycles. The highest BCUT2D eigenvalue weighted by Crippen LogP contribution is 2.24. The van der Waals surface area contributed by atoms with Gasteiger partial charge in [-0.05, 0) is 47.5 Å². The fraction of sp³-hybridized carbons (Fsp3) is 0. The Balaban J connectivity index is 0.00000132. The van der Waals surface area contributed by atoms with Gasteiger partial charge in [0.05, 0.1) is 11.3 Å². The number of halogens is 2. The van der Waals surface area contributed by atoms with E-state index in [1.54, 1.807) is 42.9 Å². The van der Waals surface area contributed by atoms with E-state index in [0.717, 1.165) is 22.4 Å². The Kier molecular flexibility index (Phi) is 6.69. The number of carboxylic acid groups (broad SMARTS) is 1. The molecule has 0 fully saturated rings. The Morgan fingerprint density at radius 1 is 0.783 bits per heavy atom. The lowest BCUT2D eigenvalue weighted by atomic mass is 10.0. The Morgan fingerprint density at radius 2 is 1.39 bits per heavy atom. The van der Waals surface area contributed by atoms with Gasteiger partial charge in [0, 0.05) is 24.2 Å². The summed E-state index contributed by atoms with van der Waals surface area (Å²) in [5, 5.41) is 8.92. The van der Waals surface area contributed by atoms with Crippen LogP contribution in [0.1, 0.15) is 10.4 Å². The third-order valence-electron chi connectivity index (χ3n) is 3.20. The molecule has 0 radical (unpaired) electrons. The molecule has 3 rings (SSSR count). The second kappa shape index (κ2) is 8.27. The van der Waals surface area contributed by atoms with E-state index in [2.05, 4.69) is 9.97 Å². The molecule has 0 amide bonds. The molecule has 0 atom stereocenters.